The van der Waals surface area contributed by atoms with E-state index >= 15 is 0 Å². The summed E-state index contributed by atoms with van der Waals surface area (Å²) in [6.07, 6.45) is 1.43. The second-order valence-electron chi connectivity index (χ2n) is 3.21. The van der Waals surface area contributed by atoms with E-state index in [1.807, 2.05) is 0 Å². The Bertz CT molecular complexity index is 238. The predicted molar refractivity (Wildman–Crippen MR) is 46.7 cm³/mol. The van der Waals surface area contributed by atoms with Crippen molar-refractivity contribution in [3.05, 3.63) is 11.4 Å². The van der Waals surface area contributed by atoms with Crippen LogP contribution >= 0.6 is 0 Å². The highest BCUT2D eigenvalue weighted by atomic mass is 19.1. The lowest BCUT2D eigenvalue weighted by Gasteiger charge is -2.27. The number of piperidine rings is 1. The van der Waals surface area contributed by atoms with E-state index in [2.05, 4.69) is 0 Å². The highest BCUT2D eigenvalue weighted by Gasteiger charge is 2.18. The summed E-state index contributed by atoms with van der Waals surface area (Å²) in [5, 5.41) is 8.58. The first-order valence-electron chi connectivity index (χ1n) is 4.38. The maximum Gasteiger partial charge on any atom is 0.219 e. The first kappa shape index (κ1) is 10.2. The number of rotatable bonds is 1. The van der Waals surface area contributed by atoms with Gasteiger partial charge in [0.2, 0.25) is 5.91 Å². The van der Waals surface area contributed by atoms with Crippen LogP contribution in [0.5, 0.6) is 0 Å². The molecule has 1 N–H and O–H groups in total. The van der Waals surface area contributed by atoms with Crippen molar-refractivity contribution < 1.29 is 14.3 Å². The molecule has 1 amide bonds. The van der Waals surface area contributed by atoms with E-state index in [0.29, 0.717) is 25.1 Å². The molecule has 0 aromatic heterocycles. The van der Waals surface area contributed by atoms with Gasteiger partial charge in [-0.05, 0) is 18.4 Å². The van der Waals surface area contributed by atoms with E-state index in [1.165, 1.54) is 6.92 Å². The Kier molecular flexibility index (Phi) is 3.42. The minimum Gasteiger partial charge on any atom is -0.389 e. The molecule has 0 radical (unpaired) electrons. The average molecular weight is 187 g/mol. The van der Waals surface area contributed by atoms with Gasteiger partial charge in [0.25, 0.3) is 0 Å². The quantitative estimate of drug-likeness (QED) is 0.661. The molecular weight excluding hydrogens is 173 g/mol. The molecule has 3 nitrogen and oxygen atoms in total. The van der Waals surface area contributed by atoms with Gasteiger partial charge in [0.15, 0.2) is 0 Å². The molecule has 4 heteroatoms. The van der Waals surface area contributed by atoms with Crippen LogP contribution in [0.2, 0.25) is 0 Å². The van der Waals surface area contributed by atoms with E-state index in [1.54, 1.807) is 4.90 Å². The molecule has 74 valence electrons. The van der Waals surface area contributed by atoms with Gasteiger partial charge in [-0.25, -0.2) is 4.39 Å². The third kappa shape index (κ3) is 2.52. The smallest absolute Gasteiger partial charge is 0.219 e. The summed E-state index contributed by atoms with van der Waals surface area (Å²) >= 11 is 0. The Morgan fingerprint density at radius 1 is 1.69 bits per heavy atom. The summed E-state index contributed by atoms with van der Waals surface area (Å²) in [6.45, 7) is 1.94. The van der Waals surface area contributed by atoms with Crippen molar-refractivity contribution in [2.45, 2.75) is 19.8 Å². The lowest BCUT2D eigenvalue weighted by molar-refractivity contribution is -0.128. The molecule has 1 heterocycles. The Labute approximate surface area is 76.8 Å². The fraction of sp³-hybridized carbons (Fsp3) is 0.667. The Morgan fingerprint density at radius 2 is 2.38 bits per heavy atom. The highest BCUT2D eigenvalue weighted by Crippen LogP contribution is 2.19. The molecule has 0 saturated carbocycles. The van der Waals surface area contributed by atoms with Crippen LogP contribution in [0.3, 0.4) is 0 Å². The largest absolute Gasteiger partial charge is 0.389 e. The van der Waals surface area contributed by atoms with Crippen LogP contribution in [-0.2, 0) is 4.79 Å². The van der Waals surface area contributed by atoms with Gasteiger partial charge >= 0.3 is 0 Å². The molecular formula is C9H14FNO2. The van der Waals surface area contributed by atoms with Gasteiger partial charge in [0, 0.05) is 20.0 Å². The minimum atomic E-state index is -0.554. The van der Waals surface area contributed by atoms with Crippen molar-refractivity contribution in [3.8, 4) is 0 Å². The third-order valence-corrected chi connectivity index (χ3v) is 2.26. The third-order valence-electron chi connectivity index (χ3n) is 2.26. The molecule has 0 atom stereocenters. The zero-order valence-corrected chi connectivity index (χ0v) is 7.72. The second kappa shape index (κ2) is 4.37. The van der Waals surface area contributed by atoms with Crippen LogP contribution in [0.4, 0.5) is 4.39 Å². The number of likely N-dealkylation sites (tertiary alicyclic amines) is 1. The second-order valence-corrected chi connectivity index (χ2v) is 3.21. The molecule has 0 bridgehead atoms. The number of halogens is 1. The zero-order valence-electron chi connectivity index (χ0n) is 7.72. The average Bonchev–Trinajstić information content (AvgIpc) is 2.17. The van der Waals surface area contributed by atoms with E-state index in [-0.39, 0.29) is 5.91 Å². The van der Waals surface area contributed by atoms with Crippen molar-refractivity contribution >= 4 is 5.91 Å². The molecule has 1 saturated heterocycles. The SMILES string of the molecule is CC(=O)N1CCC/C(=C(\F)CO)C1. The van der Waals surface area contributed by atoms with E-state index in [9.17, 15) is 9.18 Å². The van der Waals surface area contributed by atoms with Crippen LogP contribution in [0.25, 0.3) is 0 Å². The van der Waals surface area contributed by atoms with Gasteiger partial charge in [-0.15, -0.1) is 0 Å². The molecule has 1 fully saturated rings. The molecule has 0 unspecified atom stereocenters. The molecule has 0 spiro atoms. The minimum absolute atomic E-state index is 0.0389. The number of hydrogen-bond acceptors (Lipinski definition) is 2. The van der Waals surface area contributed by atoms with E-state index in [0.717, 1.165) is 6.42 Å². The summed E-state index contributed by atoms with van der Waals surface area (Å²) in [7, 11) is 0. The Morgan fingerprint density at radius 3 is 2.92 bits per heavy atom. The van der Waals surface area contributed by atoms with Crippen molar-refractivity contribution in [2.24, 2.45) is 0 Å². The summed E-state index contributed by atoms with van der Waals surface area (Å²) in [4.78, 5) is 12.6. The number of hydrogen-bond donors (Lipinski definition) is 1. The molecule has 0 aromatic rings. The maximum atomic E-state index is 12.9. The molecule has 0 aliphatic carbocycles. The van der Waals surface area contributed by atoms with Crippen LogP contribution in [-0.4, -0.2) is 35.6 Å². The first-order chi connectivity index (χ1) is 6.15. The molecule has 1 aliphatic rings. The number of aliphatic hydroxyl groups is 1. The maximum absolute atomic E-state index is 12.9. The molecule has 1 aliphatic heterocycles. The van der Waals surface area contributed by atoms with Gasteiger partial charge < -0.3 is 10.0 Å². The predicted octanol–water partition coefficient (Wildman–Crippen LogP) is 0.845. The molecule has 0 aromatic carbocycles. The zero-order chi connectivity index (χ0) is 9.84. The van der Waals surface area contributed by atoms with Gasteiger partial charge in [-0.3, -0.25) is 4.79 Å². The van der Waals surface area contributed by atoms with Gasteiger partial charge in [0.1, 0.15) is 5.83 Å². The topological polar surface area (TPSA) is 40.5 Å². The number of carbonyl (C=O) groups is 1. The Hall–Kier alpha value is -0.900. The fourth-order valence-corrected chi connectivity index (χ4v) is 1.47. The van der Waals surface area contributed by atoms with E-state index in [4.69, 9.17) is 5.11 Å². The summed E-state index contributed by atoms with van der Waals surface area (Å²) in [5.74, 6) is -0.520. The van der Waals surface area contributed by atoms with Gasteiger partial charge in [0.05, 0.1) is 6.61 Å². The standard InChI is InChI=1S/C9H14FNO2/c1-7(13)11-4-2-3-8(5-11)9(10)6-12/h12H,2-6H2,1H3/b9-8+. The fourth-order valence-electron chi connectivity index (χ4n) is 1.47. The van der Waals surface area contributed by atoms with Gasteiger partial charge in [-0.2, -0.15) is 0 Å². The number of nitrogens with zero attached hydrogens (tertiary/aromatic N) is 1. The van der Waals surface area contributed by atoms with Crippen molar-refractivity contribution in [1.29, 1.82) is 0 Å². The van der Waals surface area contributed by atoms with Crippen LogP contribution in [0.1, 0.15) is 19.8 Å². The summed E-state index contributed by atoms with van der Waals surface area (Å²) in [6, 6.07) is 0. The van der Waals surface area contributed by atoms with Gasteiger partial charge in [-0.1, -0.05) is 0 Å². The monoisotopic (exact) mass is 187 g/mol. The van der Waals surface area contributed by atoms with Crippen molar-refractivity contribution in [3.63, 3.8) is 0 Å². The van der Waals surface area contributed by atoms with Crippen LogP contribution < -0.4 is 0 Å². The number of amides is 1. The lowest BCUT2D eigenvalue weighted by atomic mass is 10.0. The van der Waals surface area contributed by atoms with Crippen LogP contribution in [0, 0.1) is 0 Å². The first-order valence-corrected chi connectivity index (χ1v) is 4.38. The van der Waals surface area contributed by atoms with Crippen LogP contribution in [0.15, 0.2) is 11.4 Å². The summed E-state index contributed by atoms with van der Waals surface area (Å²) in [5.41, 5.74) is 0.559. The number of aliphatic hydroxyl groups excluding tert-OH is 1. The number of carbonyl (C=O) groups excluding carboxylic acids is 1. The van der Waals surface area contributed by atoms with Crippen molar-refractivity contribution in [1.82, 2.24) is 4.90 Å². The normalized spacial score (nSPS) is 21.6. The van der Waals surface area contributed by atoms with E-state index < -0.39 is 12.4 Å². The van der Waals surface area contributed by atoms with Crippen molar-refractivity contribution in [2.75, 3.05) is 19.7 Å². The highest BCUT2D eigenvalue weighted by molar-refractivity contribution is 5.73. The summed E-state index contributed by atoms with van der Waals surface area (Å²) < 4.78 is 12.9. The molecule has 13 heavy (non-hydrogen) atoms. The lowest BCUT2D eigenvalue weighted by Crippen LogP contribution is -2.35. The Balaban J connectivity index is 2.66. The molecule has 1 rings (SSSR count).